The van der Waals surface area contributed by atoms with Crippen LogP contribution in [-0.4, -0.2) is 41.7 Å². The smallest absolute Gasteiger partial charge is 0.332 e. The van der Waals surface area contributed by atoms with Crippen LogP contribution in [0.1, 0.15) is 28.4 Å². The zero-order chi connectivity index (χ0) is 25.5. The molecule has 10 nitrogen and oxygen atoms in total. The molecule has 1 aromatic heterocycles. The van der Waals surface area contributed by atoms with Gasteiger partial charge >= 0.3 is 11.7 Å². The minimum absolute atomic E-state index is 0.0457. The summed E-state index contributed by atoms with van der Waals surface area (Å²) in [7, 11) is 2.97. The first-order chi connectivity index (χ1) is 16.8. The maximum absolute atomic E-state index is 12.9. The highest BCUT2D eigenvalue weighted by Gasteiger charge is 2.23. The van der Waals surface area contributed by atoms with E-state index < -0.39 is 35.2 Å². The van der Waals surface area contributed by atoms with Gasteiger partial charge in [0.1, 0.15) is 22.9 Å². The number of anilines is 1. The first kappa shape index (κ1) is 25.3. The lowest BCUT2D eigenvalue weighted by molar-refractivity contribution is -0.141. The van der Waals surface area contributed by atoms with Crippen LogP contribution in [0.15, 0.2) is 58.1 Å². The Labute approximate surface area is 201 Å². The van der Waals surface area contributed by atoms with E-state index in [1.165, 1.54) is 14.2 Å². The van der Waals surface area contributed by atoms with E-state index in [9.17, 15) is 19.2 Å². The molecule has 0 bridgehead atoms. The van der Waals surface area contributed by atoms with E-state index in [4.69, 9.17) is 19.9 Å². The standard InChI is InChI=1S/C25H27N3O7/c1-4-27-24(31)22(23(26)28(25(27)32)14-16-8-6-5-7-9-16)19(29)15-35-21(30)12-17-10-11-18(33-2)13-20(17)34-3/h5-11,13H,4,12,14-15,26H2,1-3H3. The molecule has 0 saturated carbocycles. The number of nitrogen functional groups attached to an aromatic ring is 1. The molecule has 0 aliphatic heterocycles. The third kappa shape index (κ3) is 5.60. The van der Waals surface area contributed by atoms with Crippen molar-refractivity contribution in [3.63, 3.8) is 0 Å². The molecule has 10 heteroatoms. The molecule has 1 heterocycles. The number of nitrogens with zero attached hydrogens (tertiary/aromatic N) is 2. The average molecular weight is 482 g/mol. The van der Waals surface area contributed by atoms with E-state index in [1.54, 1.807) is 49.4 Å². The van der Waals surface area contributed by atoms with Crippen molar-refractivity contribution in [3.8, 4) is 11.5 Å². The fourth-order valence-electron chi connectivity index (χ4n) is 3.60. The predicted octanol–water partition coefficient (Wildman–Crippen LogP) is 1.65. The number of aromatic nitrogens is 2. The normalized spacial score (nSPS) is 10.6. The Kier molecular flexibility index (Phi) is 8.08. The zero-order valence-corrected chi connectivity index (χ0v) is 19.8. The molecule has 0 unspecified atom stereocenters. The van der Waals surface area contributed by atoms with Gasteiger partial charge in [-0.2, -0.15) is 0 Å². The third-order valence-electron chi connectivity index (χ3n) is 5.44. The average Bonchev–Trinajstić information content (AvgIpc) is 2.86. The van der Waals surface area contributed by atoms with Crippen LogP contribution in [0.2, 0.25) is 0 Å². The summed E-state index contributed by atoms with van der Waals surface area (Å²) in [5.41, 5.74) is 5.57. The van der Waals surface area contributed by atoms with Gasteiger partial charge in [-0.25, -0.2) is 4.79 Å². The van der Waals surface area contributed by atoms with Crippen molar-refractivity contribution in [2.75, 3.05) is 26.6 Å². The summed E-state index contributed by atoms with van der Waals surface area (Å²) in [6.45, 7) is 1.03. The number of hydrogen-bond acceptors (Lipinski definition) is 8. The molecule has 2 N–H and O–H groups in total. The number of Topliss-reactive ketones (excluding diaryl/α,β-unsaturated/α-hetero) is 1. The molecule has 0 fully saturated rings. The number of rotatable bonds is 10. The fraction of sp³-hybridized carbons (Fsp3) is 0.280. The Hall–Kier alpha value is -4.34. The van der Waals surface area contributed by atoms with Crippen LogP contribution >= 0.6 is 0 Å². The minimum Gasteiger partial charge on any atom is -0.497 e. The second kappa shape index (κ2) is 11.2. The number of ketones is 1. The van der Waals surface area contributed by atoms with Crippen molar-refractivity contribution in [2.45, 2.75) is 26.4 Å². The minimum atomic E-state index is -0.822. The van der Waals surface area contributed by atoms with Crippen molar-refractivity contribution in [1.82, 2.24) is 9.13 Å². The number of ether oxygens (including phenoxy) is 3. The molecule has 3 rings (SSSR count). The first-order valence-electron chi connectivity index (χ1n) is 10.9. The van der Waals surface area contributed by atoms with Crippen LogP contribution in [0.5, 0.6) is 11.5 Å². The molecule has 2 aromatic carbocycles. The van der Waals surface area contributed by atoms with Crippen LogP contribution in [0.4, 0.5) is 5.82 Å². The summed E-state index contributed by atoms with van der Waals surface area (Å²) in [5.74, 6) is -0.787. The summed E-state index contributed by atoms with van der Waals surface area (Å²) in [4.78, 5) is 51.0. The number of methoxy groups -OCH3 is 2. The maximum atomic E-state index is 12.9. The SMILES string of the molecule is CCn1c(=O)c(C(=O)COC(=O)Cc2ccc(OC)cc2OC)c(N)n(Cc2ccccc2)c1=O. The molecular weight excluding hydrogens is 454 g/mol. The molecule has 0 aliphatic rings. The Balaban J connectivity index is 1.82. The van der Waals surface area contributed by atoms with Gasteiger partial charge in [0, 0.05) is 18.2 Å². The molecule has 0 amide bonds. The summed E-state index contributed by atoms with van der Waals surface area (Å²) in [6.07, 6.45) is -0.164. The molecule has 3 aromatic rings. The van der Waals surface area contributed by atoms with Crippen LogP contribution < -0.4 is 26.5 Å². The lowest BCUT2D eigenvalue weighted by Gasteiger charge is -2.16. The highest BCUT2D eigenvalue weighted by molar-refractivity contribution is 6.01. The van der Waals surface area contributed by atoms with E-state index in [2.05, 4.69) is 0 Å². The number of carbonyl (C=O) groups is 2. The lowest BCUT2D eigenvalue weighted by atomic mass is 10.1. The van der Waals surface area contributed by atoms with Crippen LogP contribution in [-0.2, 0) is 29.0 Å². The van der Waals surface area contributed by atoms with Crippen LogP contribution in [0.3, 0.4) is 0 Å². The molecule has 0 spiro atoms. The largest absolute Gasteiger partial charge is 0.497 e. The molecule has 0 saturated heterocycles. The van der Waals surface area contributed by atoms with Crippen molar-refractivity contribution in [1.29, 1.82) is 0 Å². The highest BCUT2D eigenvalue weighted by atomic mass is 16.5. The van der Waals surface area contributed by atoms with E-state index >= 15 is 0 Å². The number of esters is 1. The Bertz CT molecular complexity index is 1340. The van der Waals surface area contributed by atoms with Crippen molar-refractivity contribution in [2.24, 2.45) is 0 Å². The van der Waals surface area contributed by atoms with Gasteiger partial charge in [0.2, 0.25) is 5.78 Å². The molecule has 0 atom stereocenters. The summed E-state index contributed by atoms with van der Waals surface area (Å²) in [5, 5.41) is 0. The predicted molar refractivity (Wildman–Crippen MR) is 129 cm³/mol. The van der Waals surface area contributed by atoms with Crippen molar-refractivity contribution < 1.29 is 23.8 Å². The molecule has 0 aliphatic carbocycles. The molecule has 184 valence electrons. The lowest BCUT2D eigenvalue weighted by Crippen LogP contribution is -2.44. The zero-order valence-electron chi connectivity index (χ0n) is 19.8. The van der Waals surface area contributed by atoms with E-state index in [0.717, 1.165) is 14.7 Å². The van der Waals surface area contributed by atoms with Crippen LogP contribution in [0.25, 0.3) is 0 Å². The number of hydrogen-bond donors (Lipinski definition) is 1. The Morgan fingerprint density at radius 3 is 2.31 bits per heavy atom. The van der Waals surface area contributed by atoms with Gasteiger partial charge in [0.05, 0.1) is 27.2 Å². The highest BCUT2D eigenvalue weighted by Crippen LogP contribution is 2.25. The maximum Gasteiger partial charge on any atom is 0.332 e. The van der Waals surface area contributed by atoms with Crippen LogP contribution in [0, 0.1) is 0 Å². The summed E-state index contributed by atoms with van der Waals surface area (Å²) < 4.78 is 17.6. The molecule has 35 heavy (non-hydrogen) atoms. The summed E-state index contributed by atoms with van der Waals surface area (Å²) in [6, 6.07) is 14.0. The van der Waals surface area contributed by atoms with Gasteiger partial charge in [-0.3, -0.25) is 23.5 Å². The van der Waals surface area contributed by atoms with Crippen molar-refractivity contribution >= 4 is 17.6 Å². The number of benzene rings is 2. The van der Waals surface area contributed by atoms with E-state index in [-0.39, 0.29) is 25.3 Å². The van der Waals surface area contributed by atoms with Gasteiger partial charge in [0.25, 0.3) is 5.56 Å². The van der Waals surface area contributed by atoms with Gasteiger partial charge in [-0.15, -0.1) is 0 Å². The topological polar surface area (TPSA) is 132 Å². The van der Waals surface area contributed by atoms with Crippen molar-refractivity contribution in [3.05, 3.63) is 86.1 Å². The van der Waals surface area contributed by atoms with Gasteiger partial charge in [0.15, 0.2) is 6.61 Å². The quantitative estimate of drug-likeness (QED) is 0.342. The monoisotopic (exact) mass is 481 g/mol. The second-order valence-electron chi connectivity index (χ2n) is 7.60. The number of nitrogens with two attached hydrogens (primary N) is 1. The van der Waals surface area contributed by atoms with Gasteiger partial charge in [-0.1, -0.05) is 36.4 Å². The first-order valence-corrected chi connectivity index (χ1v) is 10.9. The summed E-state index contributed by atoms with van der Waals surface area (Å²) >= 11 is 0. The Morgan fingerprint density at radius 1 is 0.971 bits per heavy atom. The Morgan fingerprint density at radius 2 is 1.69 bits per heavy atom. The van der Waals surface area contributed by atoms with E-state index in [0.29, 0.717) is 17.1 Å². The fourth-order valence-corrected chi connectivity index (χ4v) is 3.60. The molecular formula is C25H27N3O7. The van der Waals surface area contributed by atoms with Gasteiger partial charge in [-0.05, 0) is 18.6 Å². The van der Waals surface area contributed by atoms with E-state index in [1.807, 2.05) is 6.07 Å². The number of carbonyl (C=O) groups excluding carboxylic acids is 2. The third-order valence-corrected chi connectivity index (χ3v) is 5.44. The van der Waals surface area contributed by atoms with Gasteiger partial charge < -0.3 is 19.9 Å². The second-order valence-corrected chi connectivity index (χ2v) is 7.60. The molecule has 0 radical (unpaired) electrons.